The Balaban J connectivity index is 1.62. The van der Waals surface area contributed by atoms with Gasteiger partial charge in [0.2, 0.25) is 10.0 Å². The van der Waals surface area contributed by atoms with E-state index in [1.165, 1.54) is 44.1 Å². The summed E-state index contributed by atoms with van der Waals surface area (Å²) in [5.41, 5.74) is 0. The van der Waals surface area contributed by atoms with Gasteiger partial charge in [-0.1, -0.05) is 19.3 Å². The van der Waals surface area contributed by atoms with Crippen molar-refractivity contribution in [3.63, 3.8) is 0 Å². The van der Waals surface area contributed by atoms with E-state index in [0.717, 1.165) is 32.0 Å². The normalized spacial score (nSPS) is 27.8. The summed E-state index contributed by atoms with van der Waals surface area (Å²) in [6.07, 6.45) is 8.98. The molecule has 2 aliphatic heterocycles. The molecule has 3 fully saturated rings. The lowest BCUT2D eigenvalue weighted by molar-refractivity contribution is 0.293. The highest BCUT2D eigenvalue weighted by Gasteiger charge is 2.38. The lowest BCUT2D eigenvalue weighted by atomic mass is 9.87. The minimum absolute atomic E-state index is 0.334. The van der Waals surface area contributed by atoms with E-state index in [1.54, 1.807) is 4.31 Å². The van der Waals surface area contributed by atoms with Crippen molar-refractivity contribution in [3.05, 3.63) is 0 Å². The lowest BCUT2D eigenvalue weighted by Gasteiger charge is -2.45. The Morgan fingerprint density at radius 3 is 2.69 bits per heavy atom. The predicted molar refractivity (Wildman–Crippen MR) is 110 cm³/mol. The van der Waals surface area contributed by atoms with Crippen LogP contribution < -0.4 is 5.32 Å². The quantitative estimate of drug-likeness (QED) is 0.575. The zero-order valence-corrected chi connectivity index (χ0v) is 17.9. The first kappa shape index (κ1) is 20.3. The summed E-state index contributed by atoms with van der Waals surface area (Å²) in [5.74, 6) is 2.53. The van der Waals surface area contributed by atoms with Crippen LogP contribution in [-0.4, -0.2) is 79.6 Å². The molecule has 2 saturated heterocycles. The van der Waals surface area contributed by atoms with E-state index < -0.39 is 10.0 Å². The molecule has 0 amide bonds. The number of hydrogen-bond donors (Lipinski definition) is 1. The van der Waals surface area contributed by atoms with E-state index in [-0.39, 0.29) is 0 Å². The summed E-state index contributed by atoms with van der Waals surface area (Å²) >= 11 is 2.17. The molecule has 0 aromatic heterocycles. The average molecular weight is 403 g/mol. The van der Waals surface area contributed by atoms with E-state index in [2.05, 4.69) is 28.9 Å². The first-order valence-corrected chi connectivity index (χ1v) is 12.9. The topological polar surface area (TPSA) is 65.0 Å². The first-order valence-electron chi connectivity index (χ1n) is 10.0. The number of rotatable bonds is 4. The van der Waals surface area contributed by atoms with E-state index in [9.17, 15) is 8.42 Å². The maximum Gasteiger partial charge on any atom is 0.211 e. The molecule has 26 heavy (non-hydrogen) atoms. The van der Waals surface area contributed by atoms with Gasteiger partial charge in [-0.25, -0.2) is 12.7 Å². The Bertz CT molecular complexity index is 597. The second-order valence-electron chi connectivity index (χ2n) is 7.98. The fourth-order valence-corrected chi connectivity index (χ4v) is 6.90. The number of nitrogens with zero attached hydrogens (tertiary/aromatic N) is 3. The molecule has 1 N–H and O–H groups in total. The maximum absolute atomic E-state index is 11.7. The SMILES string of the molecule is CCNC(=NCC1CCN(S(C)(=O)=O)C1)N1CCSC2(CCCCC2)C1. The molecule has 1 aliphatic carbocycles. The minimum atomic E-state index is -3.07. The Hall–Kier alpha value is -0.470. The van der Waals surface area contributed by atoms with Crippen LogP contribution in [-0.2, 0) is 10.0 Å². The molecule has 0 aromatic carbocycles. The van der Waals surface area contributed by atoms with Crippen molar-refractivity contribution in [2.24, 2.45) is 10.9 Å². The van der Waals surface area contributed by atoms with Gasteiger partial charge in [0.15, 0.2) is 5.96 Å². The molecule has 1 spiro atoms. The van der Waals surface area contributed by atoms with E-state index in [1.807, 2.05) is 0 Å². The van der Waals surface area contributed by atoms with Crippen LogP contribution in [0.5, 0.6) is 0 Å². The maximum atomic E-state index is 11.7. The zero-order chi connectivity index (χ0) is 18.6. The van der Waals surface area contributed by atoms with Gasteiger partial charge in [0.1, 0.15) is 0 Å². The molecule has 1 atom stereocenters. The highest BCUT2D eigenvalue weighted by atomic mass is 32.2. The van der Waals surface area contributed by atoms with Crippen molar-refractivity contribution >= 4 is 27.7 Å². The molecule has 2 heterocycles. The summed E-state index contributed by atoms with van der Waals surface area (Å²) < 4.78 is 25.4. The lowest BCUT2D eigenvalue weighted by Crippen LogP contribution is -2.53. The van der Waals surface area contributed by atoms with Crippen LogP contribution in [0.2, 0.25) is 0 Å². The molecule has 0 radical (unpaired) electrons. The molecule has 0 aromatic rings. The number of sulfonamides is 1. The molecule has 1 saturated carbocycles. The summed E-state index contributed by atoms with van der Waals surface area (Å²) in [5, 5.41) is 3.47. The van der Waals surface area contributed by atoms with Gasteiger partial charge in [0.25, 0.3) is 0 Å². The second kappa shape index (κ2) is 8.69. The largest absolute Gasteiger partial charge is 0.357 e. The van der Waals surface area contributed by atoms with Gasteiger partial charge in [0, 0.05) is 49.8 Å². The molecule has 150 valence electrons. The molecule has 3 rings (SSSR count). The third-order valence-electron chi connectivity index (χ3n) is 5.86. The number of hydrogen-bond acceptors (Lipinski definition) is 4. The van der Waals surface area contributed by atoms with Gasteiger partial charge in [-0.05, 0) is 32.1 Å². The number of guanidine groups is 1. The van der Waals surface area contributed by atoms with Crippen molar-refractivity contribution in [3.8, 4) is 0 Å². The van der Waals surface area contributed by atoms with Crippen LogP contribution in [0.4, 0.5) is 0 Å². The third kappa shape index (κ3) is 5.07. The predicted octanol–water partition coefficient (Wildman–Crippen LogP) is 1.99. The van der Waals surface area contributed by atoms with Crippen molar-refractivity contribution in [2.75, 3.05) is 51.3 Å². The highest BCUT2D eigenvalue weighted by molar-refractivity contribution is 8.00. The number of nitrogens with one attached hydrogen (secondary N) is 1. The van der Waals surface area contributed by atoms with Gasteiger partial charge in [-0.3, -0.25) is 4.99 Å². The van der Waals surface area contributed by atoms with Crippen LogP contribution in [0.1, 0.15) is 45.4 Å². The Kier molecular flexibility index (Phi) is 6.78. The van der Waals surface area contributed by atoms with Crippen LogP contribution >= 0.6 is 11.8 Å². The van der Waals surface area contributed by atoms with Gasteiger partial charge in [0.05, 0.1) is 6.26 Å². The fraction of sp³-hybridized carbons (Fsp3) is 0.944. The van der Waals surface area contributed by atoms with E-state index >= 15 is 0 Å². The van der Waals surface area contributed by atoms with Crippen LogP contribution in [0.3, 0.4) is 0 Å². The molecule has 8 heteroatoms. The van der Waals surface area contributed by atoms with Crippen molar-refractivity contribution in [1.29, 1.82) is 0 Å². The first-order chi connectivity index (χ1) is 12.4. The molecule has 0 bridgehead atoms. The van der Waals surface area contributed by atoms with Gasteiger partial charge < -0.3 is 10.2 Å². The van der Waals surface area contributed by atoms with Crippen molar-refractivity contribution < 1.29 is 8.42 Å². The number of thioether (sulfide) groups is 1. The zero-order valence-electron chi connectivity index (χ0n) is 16.2. The van der Waals surface area contributed by atoms with Crippen molar-refractivity contribution in [1.82, 2.24) is 14.5 Å². The molecule has 6 nitrogen and oxygen atoms in total. The summed E-state index contributed by atoms with van der Waals surface area (Å²) in [6.45, 7) is 7.11. The summed E-state index contributed by atoms with van der Waals surface area (Å²) in [4.78, 5) is 7.37. The van der Waals surface area contributed by atoms with Crippen molar-refractivity contribution in [2.45, 2.75) is 50.2 Å². The number of aliphatic imine (C=N–C) groups is 1. The van der Waals surface area contributed by atoms with Gasteiger partial charge in [-0.2, -0.15) is 11.8 Å². The Morgan fingerprint density at radius 1 is 1.27 bits per heavy atom. The Labute approximate surface area is 163 Å². The fourth-order valence-electron chi connectivity index (χ4n) is 4.41. The van der Waals surface area contributed by atoms with Gasteiger partial charge in [-0.15, -0.1) is 0 Å². The molecular formula is C18H34N4O2S2. The van der Waals surface area contributed by atoms with E-state index in [0.29, 0.717) is 30.3 Å². The second-order valence-corrected chi connectivity index (χ2v) is 11.5. The van der Waals surface area contributed by atoms with Crippen LogP contribution in [0, 0.1) is 5.92 Å². The van der Waals surface area contributed by atoms with E-state index in [4.69, 9.17) is 4.99 Å². The minimum Gasteiger partial charge on any atom is -0.357 e. The van der Waals surface area contributed by atoms with Gasteiger partial charge >= 0.3 is 0 Å². The van der Waals surface area contributed by atoms with Crippen LogP contribution in [0.25, 0.3) is 0 Å². The smallest absolute Gasteiger partial charge is 0.211 e. The molecule has 3 aliphatic rings. The summed E-state index contributed by atoms with van der Waals surface area (Å²) in [7, 11) is -3.07. The molecular weight excluding hydrogens is 368 g/mol. The summed E-state index contributed by atoms with van der Waals surface area (Å²) in [6, 6.07) is 0. The molecule has 1 unspecified atom stereocenters. The standard InChI is InChI=1S/C18H34N4O2S2/c1-3-19-17(20-13-16-7-10-22(14-16)26(2,23)24)21-11-12-25-18(15-21)8-5-4-6-9-18/h16H,3-15H2,1-2H3,(H,19,20). The highest BCUT2D eigenvalue weighted by Crippen LogP contribution is 2.42. The monoisotopic (exact) mass is 402 g/mol. The third-order valence-corrected chi connectivity index (χ3v) is 8.67. The average Bonchev–Trinajstić information content (AvgIpc) is 3.09. The van der Waals surface area contributed by atoms with Crippen LogP contribution in [0.15, 0.2) is 4.99 Å². The Morgan fingerprint density at radius 2 is 2.04 bits per heavy atom.